The van der Waals surface area contributed by atoms with Crippen molar-refractivity contribution < 1.29 is 80.2 Å². The predicted molar refractivity (Wildman–Crippen MR) is 428 cm³/mol. The van der Waals surface area contributed by atoms with E-state index in [-0.39, 0.29) is 25.7 Å². The second-order valence-electron chi connectivity index (χ2n) is 32.5. The molecule has 0 aliphatic carbocycles. The van der Waals surface area contributed by atoms with Crippen LogP contribution in [-0.4, -0.2) is 96.7 Å². The van der Waals surface area contributed by atoms with Crippen molar-refractivity contribution >= 4 is 39.5 Å². The Morgan fingerprint density at radius 2 is 0.404 bits per heavy atom. The van der Waals surface area contributed by atoms with Gasteiger partial charge in [-0.2, -0.15) is 0 Å². The summed E-state index contributed by atoms with van der Waals surface area (Å²) in [6.45, 7) is 14.3. The largest absolute Gasteiger partial charge is 0.472 e. The number of aliphatic hydroxyl groups is 1. The zero-order chi connectivity index (χ0) is 76.7. The molecule has 0 aromatic rings. The third-order valence-electron chi connectivity index (χ3n) is 19.8. The van der Waals surface area contributed by atoms with E-state index in [1.54, 1.807) is 0 Å². The van der Waals surface area contributed by atoms with Gasteiger partial charge in [0.15, 0.2) is 12.2 Å². The number of unbranched alkanes of at least 4 members (excludes halogenated alkanes) is 48. The van der Waals surface area contributed by atoms with Crippen molar-refractivity contribution in [3.63, 3.8) is 0 Å². The Hall–Kier alpha value is -1.94. The molecule has 0 saturated carbocycles. The normalized spacial score (nSPS) is 14.0. The van der Waals surface area contributed by atoms with Crippen LogP contribution in [0.1, 0.15) is 441 Å². The first-order valence-electron chi connectivity index (χ1n) is 43.7. The van der Waals surface area contributed by atoms with Gasteiger partial charge in [-0.3, -0.25) is 37.3 Å². The lowest BCUT2D eigenvalue weighted by Crippen LogP contribution is -2.30. The van der Waals surface area contributed by atoms with Crippen LogP contribution in [0, 0.1) is 23.7 Å². The summed E-state index contributed by atoms with van der Waals surface area (Å²) in [7, 11) is -9.93. The highest BCUT2D eigenvalue weighted by molar-refractivity contribution is 7.47. The van der Waals surface area contributed by atoms with Crippen molar-refractivity contribution in [1.29, 1.82) is 0 Å². The zero-order valence-corrected chi connectivity index (χ0v) is 70.5. The molecule has 0 saturated heterocycles. The third-order valence-corrected chi connectivity index (χ3v) is 21.7. The van der Waals surface area contributed by atoms with E-state index in [1.807, 2.05) is 0 Å². The van der Waals surface area contributed by atoms with E-state index in [2.05, 4.69) is 55.4 Å². The van der Waals surface area contributed by atoms with Crippen molar-refractivity contribution in [3.8, 4) is 0 Å². The Balaban J connectivity index is 5.16. The van der Waals surface area contributed by atoms with E-state index < -0.39 is 97.5 Å². The average Bonchev–Trinajstić information content (AvgIpc) is 0.906. The lowest BCUT2D eigenvalue weighted by Gasteiger charge is -2.21. The minimum absolute atomic E-state index is 0.107. The molecule has 0 spiro atoms. The van der Waals surface area contributed by atoms with Crippen molar-refractivity contribution in [2.45, 2.75) is 459 Å². The van der Waals surface area contributed by atoms with Gasteiger partial charge in [0.25, 0.3) is 0 Å². The van der Waals surface area contributed by atoms with E-state index in [4.69, 9.17) is 37.0 Å². The minimum atomic E-state index is -4.96. The van der Waals surface area contributed by atoms with Gasteiger partial charge in [0.05, 0.1) is 26.4 Å². The highest BCUT2D eigenvalue weighted by Gasteiger charge is 2.30. The van der Waals surface area contributed by atoms with Crippen LogP contribution < -0.4 is 0 Å². The summed E-state index contributed by atoms with van der Waals surface area (Å²) in [4.78, 5) is 73.1. The molecule has 618 valence electrons. The maximum Gasteiger partial charge on any atom is 0.472 e. The molecule has 0 aromatic carbocycles. The van der Waals surface area contributed by atoms with Gasteiger partial charge in [0.1, 0.15) is 19.3 Å². The summed E-state index contributed by atoms with van der Waals surface area (Å²) in [5.41, 5.74) is 0. The second kappa shape index (κ2) is 73.8. The van der Waals surface area contributed by atoms with Gasteiger partial charge in [-0.15, -0.1) is 0 Å². The maximum atomic E-state index is 13.1. The van der Waals surface area contributed by atoms with E-state index >= 15 is 0 Å². The molecule has 0 aliphatic heterocycles. The van der Waals surface area contributed by atoms with E-state index in [1.165, 1.54) is 238 Å². The van der Waals surface area contributed by atoms with Crippen LogP contribution in [0.4, 0.5) is 0 Å². The van der Waals surface area contributed by atoms with Crippen molar-refractivity contribution in [1.82, 2.24) is 0 Å². The number of ether oxygens (including phenoxy) is 4. The number of carbonyl (C=O) groups is 4. The van der Waals surface area contributed by atoms with Crippen LogP contribution in [0.2, 0.25) is 0 Å². The predicted octanol–water partition coefficient (Wildman–Crippen LogP) is 25.6. The smallest absolute Gasteiger partial charge is 0.462 e. The van der Waals surface area contributed by atoms with Crippen molar-refractivity contribution in [2.24, 2.45) is 23.7 Å². The zero-order valence-electron chi connectivity index (χ0n) is 68.7. The number of aliphatic hydroxyl groups excluding tert-OH is 1. The number of carbonyl (C=O) groups excluding carboxylic acids is 4. The van der Waals surface area contributed by atoms with Crippen LogP contribution in [0.5, 0.6) is 0 Å². The number of phosphoric ester groups is 2. The van der Waals surface area contributed by atoms with E-state index in [0.717, 1.165) is 114 Å². The molecular formula is C85H166O17P2. The van der Waals surface area contributed by atoms with Gasteiger partial charge in [0, 0.05) is 25.7 Å². The van der Waals surface area contributed by atoms with Gasteiger partial charge in [0.2, 0.25) is 0 Å². The summed E-state index contributed by atoms with van der Waals surface area (Å²) in [5.74, 6) is 0.966. The fourth-order valence-corrected chi connectivity index (χ4v) is 14.7. The molecule has 0 amide bonds. The van der Waals surface area contributed by atoms with Crippen LogP contribution in [-0.2, 0) is 65.4 Å². The maximum absolute atomic E-state index is 13.1. The summed E-state index contributed by atoms with van der Waals surface area (Å²) < 4.78 is 68.8. The third kappa shape index (κ3) is 78.2. The summed E-state index contributed by atoms with van der Waals surface area (Å²) in [5, 5.41) is 10.7. The molecule has 3 unspecified atom stereocenters. The van der Waals surface area contributed by atoms with Gasteiger partial charge in [-0.05, 0) is 49.4 Å². The van der Waals surface area contributed by atoms with Crippen molar-refractivity contribution in [2.75, 3.05) is 39.6 Å². The van der Waals surface area contributed by atoms with E-state index in [0.29, 0.717) is 31.6 Å². The summed E-state index contributed by atoms with van der Waals surface area (Å²) in [6, 6.07) is 0. The number of hydrogen-bond acceptors (Lipinski definition) is 15. The lowest BCUT2D eigenvalue weighted by molar-refractivity contribution is -0.161. The first-order valence-corrected chi connectivity index (χ1v) is 46.7. The van der Waals surface area contributed by atoms with Crippen molar-refractivity contribution in [3.05, 3.63) is 0 Å². The van der Waals surface area contributed by atoms with Gasteiger partial charge >= 0.3 is 39.5 Å². The lowest BCUT2D eigenvalue weighted by atomic mass is 10.0. The van der Waals surface area contributed by atoms with Gasteiger partial charge < -0.3 is 33.8 Å². The minimum Gasteiger partial charge on any atom is -0.462 e. The molecule has 0 radical (unpaired) electrons. The molecular weight excluding hydrogens is 1350 g/mol. The Bertz CT molecular complexity index is 2020. The second-order valence-corrected chi connectivity index (χ2v) is 35.4. The van der Waals surface area contributed by atoms with Gasteiger partial charge in [-0.25, -0.2) is 9.13 Å². The van der Waals surface area contributed by atoms with Crippen LogP contribution in [0.15, 0.2) is 0 Å². The van der Waals surface area contributed by atoms with Crippen LogP contribution >= 0.6 is 15.6 Å². The quantitative estimate of drug-likeness (QED) is 0.0222. The average molecular weight is 1520 g/mol. The molecule has 0 heterocycles. The highest BCUT2D eigenvalue weighted by Crippen LogP contribution is 2.45. The standard InChI is InChI=1S/C85H166O17P2/c1-75(2)61-53-45-37-31-25-21-17-13-9-11-15-19-23-27-35-41-51-59-67-84(89)101-80(71-95-82(87)65-57-49-40-34-30-29-33-39-47-55-63-77(5)6)73-99-103(91,92)97-69-79(86)70-98-104(93,94)100-74-81(72-96-83(88)66-58-50-44-43-48-56-64-78(7)8)102-85(90)68-60-52-42-36-28-24-20-16-12-10-14-18-22-26-32-38-46-54-62-76(3)4/h75-81,86H,9-74H2,1-8H3,(H,91,92)(H,93,94)/t79?,80-,81-/m1/s1. The SMILES string of the molecule is CC(C)CCCCCCCCCCCCCCCCCCCCC(=O)O[C@H](COC(=O)CCCCCCCCCCCCC(C)C)COP(=O)(O)OCC(O)COP(=O)(O)OC[C@@H](COC(=O)CCCCCCCCC(C)C)OC(=O)CCCCCCCCCCCCCCCCCCCCC(C)C. The number of phosphoric acid groups is 2. The Morgan fingerprint density at radius 3 is 0.596 bits per heavy atom. The van der Waals surface area contributed by atoms with Crippen LogP contribution in [0.25, 0.3) is 0 Å². The molecule has 3 N–H and O–H groups in total. The number of hydrogen-bond donors (Lipinski definition) is 3. The first-order chi connectivity index (χ1) is 50.1. The van der Waals surface area contributed by atoms with E-state index in [9.17, 15) is 43.2 Å². The molecule has 0 fully saturated rings. The van der Waals surface area contributed by atoms with Gasteiger partial charge in [-0.1, -0.05) is 389 Å². The Labute approximate surface area is 638 Å². The topological polar surface area (TPSA) is 237 Å². The summed E-state index contributed by atoms with van der Waals surface area (Å²) >= 11 is 0. The molecule has 17 nitrogen and oxygen atoms in total. The highest BCUT2D eigenvalue weighted by atomic mass is 31.2. The Morgan fingerprint density at radius 1 is 0.240 bits per heavy atom. The molecule has 19 heteroatoms. The molecule has 0 aliphatic rings. The number of esters is 4. The first kappa shape index (κ1) is 102. The number of rotatable bonds is 82. The molecule has 104 heavy (non-hydrogen) atoms. The fourth-order valence-electron chi connectivity index (χ4n) is 13.1. The molecule has 0 aromatic heterocycles. The Kier molecular flexibility index (Phi) is 72.5. The fraction of sp³-hybridized carbons (Fsp3) is 0.953. The summed E-state index contributed by atoms with van der Waals surface area (Å²) in [6.07, 6.45) is 62.8. The molecule has 0 bridgehead atoms. The van der Waals surface area contributed by atoms with Crippen LogP contribution in [0.3, 0.4) is 0 Å². The molecule has 0 rings (SSSR count). The molecule has 5 atom stereocenters. The monoisotopic (exact) mass is 1520 g/mol.